The molecule has 3 atom stereocenters. The van der Waals surface area contributed by atoms with E-state index in [0.29, 0.717) is 0 Å². The maximum atomic E-state index is 10.9. The van der Waals surface area contributed by atoms with Crippen molar-refractivity contribution < 1.29 is 14.3 Å². The van der Waals surface area contributed by atoms with Crippen molar-refractivity contribution in [1.29, 1.82) is 0 Å². The molecule has 1 aliphatic rings. The Hall–Kier alpha value is -0.613. The average molecular weight is 284 g/mol. The van der Waals surface area contributed by atoms with Gasteiger partial charge >= 0.3 is 5.97 Å². The van der Waals surface area contributed by atoms with Gasteiger partial charge in [0.1, 0.15) is 0 Å². The van der Waals surface area contributed by atoms with Crippen LogP contribution in [-0.2, 0) is 9.22 Å². The molecule has 4 heteroatoms. The molecule has 110 valence electrons. The summed E-state index contributed by atoms with van der Waals surface area (Å²) in [6, 6.07) is 0. The number of hydrogen-bond donors (Lipinski definition) is 1. The standard InChI is InChI=1S/C15H28O3Si/c1-11-12(10-14(16)17)8-7-9-13(11)18-19(5,6)15(2,3)4/h7-8,11-13H,9-10H2,1-6H3,(H,16,17)/t11-,12-,13?/m0/s1. The van der Waals surface area contributed by atoms with Gasteiger partial charge in [0.25, 0.3) is 0 Å². The van der Waals surface area contributed by atoms with E-state index in [0.717, 1.165) is 6.42 Å². The van der Waals surface area contributed by atoms with E-state index in [1.54, 1.807) is 0 Å². The minimum absolute atomic E-state index is 0.0982. The van der Waals surface area contributed by atoms with Gasteiger partial charge in [0.15, 0.2) is 8.32 Å². The Kier molecular flexibility index (Phi) is 5.01. The lowest BCUT2D eigenvalue weighted by Crippen LogP contribution is -2.47. The van der Waals surface area contributed by atoms with Crippen molar-refractivity contribution in [3.63, 3.8) is 0 Å². The van der Waals surface area contributed by atoms with Crippen LogP contribution >= 0.6 is 0 Å². The van der Waals surface area contributed by atoms with Gasteiger partial charge in [-0.1, -0.05) is 39.8 Å². The zero-order valence-corrected chi connectivity index (χ0v) is 14.1. The van der Waals surface area contributed by atoms with Crippen molar-refractivity contribution >= 4 is 14.3 Å². The van der Waals surface area contributed by atoms with Crippen LogP contribution in [-0.4, -0.2) is 25.5 Å². The predicted molar refractivity (Wildman–Crippen MR) is 80.7 cm³/mol. The lowest BCUT2D eigenvalue weighted by Gasteiger charge is -2.43. The van der Waals surface area contributed by atoms with Crippen molar-refractivity contribution in [1.82, 2.24) is 0 Å². The minimum Gasteiger partial charge on any atom is -0.481 e. The molecule has 1 rings (SSSR count). The molecule has 0 aromatic carbocycles. The highest BCUT2D eigenvalue weighted by Gasteiger charge is 2.41. The van der Waals surface area contributed by atoms with Gasteiger partial charge < -0.3 is 9.53 Å². The van der Waals surface area contributed by atoms with Crippen LogP contribution in [0.3, 0.4) is 0 Å². The van der Waals surface area contributed by atoms with Gasteiger partial charge in [0.05, 0.1) is 12.5 Å². The van der Waals surface area contributed by atoms with Gasteiger partial charge in [0.2, 0.25) is 0 Å². The molecule has 0 saturated heterocycles. The van der Waals surface area contributed by atoms with Gasteiger partial charge in [-0.25, -0.2) is 0 Å². The summed E-state index contributed by atoms with van der Waals surface area (Å²) in [7, 11) is -1.78. The number of carboxylic acid groups (broad SMARTS) is 1. The summed E-state index contributed by atoms with van der Waals surface area (Å²) in [5.74, 6) is -0.356. The summed E-state index contributed by atoms with van der Waals surface area (Å²) in [6.45, 7) is 13.3. The molecule has 0 aliphatic heterocycles. The number of carboxylic acids is 1. The first kappa shape index (κ1) is 16.4. The molecule has 0 heterocycles. The Balaban J connectivity index is 2.75. The zero-order valence-electron chi connectivity index (χ0n) is 13.1. The number of hydrogen-bond acceptors (Lipinski definition) is 2. The molecule has 1 N–H and O–H groups in total. The summed E-state index contributed by atoms with van der Waals surface area (Å²) < 4.78 is 6.46. The van der Waals surface area contributed by atoms with Crippen LogP contribution in [0.2, 0.25) is 18.1 Å². The molecule has 19 heavy (non-hydrogen) atoms. The van der Waals surface area contributed by atoms with E-state index >= 15 is 0 Å². The first-order valence-corrected chi connectivity index (χ1v) is 10.0. The molecule has 1 aliphatic carbocycles. The second kappa shape index (κ2) is 5.79. The second-order valence-corrected chi connectivity index (χ2v) is 12.0. The molecule has 1 unspecified atom stereocenters. The molecular formula is C15H28O3Si. The van der Waals surface area contributed by atoms with E-state index in [9.17, 15) is 4.79 Å². The van der Waals surface area contributed by atoms with Crippen molar-refractivity contribution in [2.45, 2.75) is 64.8 Å². The zero-order chi connectivity index (χ0) is 14.8. The topological polar surface area (TPSA) is 46.5 Å². The normalized spacial score (nSPS) is 28.4. The van der Waals surface area contributed by atoms with Crippen LogP contribution in [0, 0.1) is 11.8 Å². The van der Waals surface area contributed by atoms with Crippen LogP contribution in [0.4, 0.5) is 0 Å². The maximum absolute atomic E-state index is 10.9. The number of aliphatic carboxylic acids is 1. The number of rotatable bonds is 4. The van der Waals surface area contributed by atoms with E-state index in [1.807, 2.05) is 6.08 Å². The molecule has 0 fully saturated rings. The first-order valence-electron chi connectivity index (χ1n) is 7.11. The van der Waals surface area contributed by atoms with Gasteiger partial charge in [0, 0.05) is 0 Å². The Morgan fingerprint density at radius 3 is 2.47 bits per heavy atom. The number of allylic oxidation sites excluding steroid dienone is 1. The Labute approximate surface area is 118 Å². The molecule has 3 nitrogen and oxygen atoms in total. The van der Waals surface area contributed by atoms with E-state index in [4.69, 9.17) is 9.53 Å². The molecule has 0 saturated carbocycles. The third kappa shape index (κ3) is 4.18. The minimum atomic E-state index is -1.78. The monoisotopic (exact) mass is 284 g/mol. The van der Waals surface area contributed by atoms with Crippen LogP contribution in [0.1, 0.15) is 40.5 Å². The SMILES string of the molecule is C[C@@H]1C(O[Si](C)(C)C(C)(C)C)CC=C[C@H]1CC(=O)O. The molecule has 0 aromatic heterocycles. The van der Waals surface area contributed by atoms with Crippen molar-refractivity contribution in [3.05, 3.63) is 12.2 Å². The summed E-state index contributed by atoms with van der Waals surface area (Å²) >= 11 is 0. The highest BCUT2D eigenvalue weighted by atomic mass is 28.4. The van der Waals surface area contributed by atoms with E-state index in [1.165, 1.54) is 0 Å². The highest BCUT2D eigenvalue weighted by molar-refractivity contribution is 6.74. The molecule has 0 radical (unpaired) electrons. The molecule has 0 bridgehead atoms. The summed E-state index contributed by atoms with van der Waals surface area (Å²) in [5.41, 5.74) is 0. The van der Waals surface area contributed by atoms with Gasteiger partial charge in [-0.2, -0.15) is 0 Å². The fourth-order valence-electron chi connectivity index (χ4n) is 2.22. The third-order valence-corrected chi connectivity index (χ3v) is 9.18. The summed E-state index contributed by atoms with van der Waals surface area (Å²) in [6.07, 6.45) is 5.41. The van der Waals surface area contributed by atoms with Crippen LogP contribution < -0.4 is 0 Å². The van der Waals surface area contributed by atoms with Crippen LogP contribution in [0.5, 0.6) is 0 Å². The molecular weight excluding hydrogens is 256 g/mol. The molecule has 0 aromatic rings. The smallest absolute Gasteiger partial charge is 0.303 e. The van der Waals surface area contributed by atoms with E-state index < -0.39 is 14.3 Å². The van der Waals surface area contributed by atoms with E-state index in [2.05, 4.69) is 46.9 Å². The van der Waals surface area contributed by atoms with Crippen LogP contribution in [0.15, 0.2) is 12.2 Å². The molecule has 0 amide bonds. The first-order chi connectivity index (χ1) is 8.54. The van der Waals surface area contributed by atoms with Crippen molar-refractivity contribution in [2.75, 3.05) is 0 Å². The predicted octanol–water partition coefficient (Wildman–Crippen LogP) is 4.06. The molecule has 0 spiro atoms. The Morgan fingerprint density at radius 2 is 2.00 bits per heavy atom. The Bertz CT molecular complexity index is 355. The van der Waals surface area contributed by atoms with Gasteiger partial charge in [-0.3, -0.25) is 4.79 Å². The lowest BCUT2D eigenvalue weighted by molar-refractivity contribution is -0.138. The van der Waals surface area contributed by atoms with Crippen molar-refractivity contribution in [2.24, 2.45) is 11.8 Å². The third-order valence-electron chi connectivity index (χ3n) is 4.68. The highest BCUT2D eigenvalue weighted by Crippen LogP contribution is 2.40. The lowest BCUT2D eigenvalue weighted by atomic mass is 9.81. The van der Waals surface area contributed by atoms with E-state index in [-0.39, 0.29) is 29.4 Å². The fraction of sp³-hybridized carbons (Fsp3) is 0.800. The van der Waals surface area contributed by atoms with Crippen molar-refractivity contribution in [3.8, 4) is 0 Å². The second-order valence-electron chi connectivity index (χ2n) is 7.20. The Morgan fingerprint density at radius 1 is 1.42 bits per heavy atom. The maximum Gasteiger partial charge on any atom is 0.303 e. The number of carbonyl (C=O) groups is 1. The largest absolute Gasteiger partial charge is 0.481 e. The van der Waals surface area contributed by atoms with Crippen LogP contribution in [0.25, 0.3) is 0 Å². The fourth-order valence-corrected chi connectivity index (χ4v) is 3.64. The van der Waals surface area contributed by atoms with Gasteiger partial charge in [-0.15, -0.1) is 0 Å². The van der Waals surface area contributed by atoms with Gasteiger partial charge in [-0.05, 0) is 36.4 Å². The average Bonchev–Trinajstić information content (AvgIpc) is 2.21. The summed E-state index contributed by atoms with van der Waals surface area (Å²) in [5, 5.41) is 9.16. The summed E-state index contributed by atoms with van der Waals surface area (Å²) in [4.78, 5) is 10.9. The quantitative estimate of drug-likeness (QED) is 0.625.